The maximum absolute atomic E-state index is 12.5. The number of carbonyl (C=O) groups excluding carboxylic acids is 2. The van der Waals surface area contributed by atoms with Crippen molar-refractivity contribution in [3.8, 4) is 0 Å². The molecular weight excluding hydrogens is 282 g/mol. The summed E-state index contributed by atoms with van der Waals surface area (Å²) < 4.78 is 1.69. The van der Waals surface area contributed by atoms with E-state index < -0.39 is 11.9 Å². The maximum Gasteiger partial charge on any atom is 0.252 e. The molecule has 0 aromatic carbocycles. The Hall–Kier alpha value is -2.44. The van der Waals surface area contributed by atoms with Gasteiger partial charge in [-0.15, -0.1) is 0 Å². The van der Waals surface area contributed by atoms with Crippen molar-refractivity contribution in [2.24, 2.45) is 12.8 Å². The van der Waals surface area contributed by atoms with Crippen LogP contribution in [0.25, 0.3) is 11.0 Å². The lowest BCUT2D eigenvalue weighted by molar-refractivity contribution is -0.119. The van der Waals surface area contributed by atoms with E-state index in [2.05, 4.69) is 15.4 Å². The maximum atomic E-state index is 12.5. The van der Waals surface area contributed by atoms with Gasteiger partial charge in [0.25, 0.3) is 5.91 Å². The Balaban J connectivity index is 2.10. The van der Waals surface area contributed by atoms with E-state index in [9.17, 15) is 9.59 Å². The molecule has 2 aromatic rings. The molecule has 0 bridgehead atoms. The molecule has 1 unspecified atom stereocenters. The number of aromatic nitrogens is 3. The van der Waals surface area contributed by atoms with Gasteiger partial charge in [0.2, 0.25) is 5.91 Å². The van der Waals surface area contributed by atoms with Crippen molar-refractivity contribution in [1.29, 1.82) is 0 Å². The Morgan fingerprint density at radius 1 is 1.45 bits per heavy atom. The van der Waals surface area contributed by atoms with E-state index in [1.165, 1.54) is 0 Å². The van der Waals surface area contributed by atoms with Crippen LogP contribution in [0.3, 0.4) is 0 Å². The Morgan fingerprint density at radius 3 is 2.73 bits per heavy atom. The first-order valence-electron chi connectivity index (χ1n) is 7.33. The van der Waals surface area contributed by atoms with E-state index in [1.54, 1.807) is 11.6 Å². The summed E-state index contributed by atoms with van der Waals surface area (Å²) in [7, 11) is 1.81. The fourth-order valence-electron chi connectivity index (χ4n) is 2.58. The van der Waals surface area contributed by atoms with Crippen LogP contribution in [0.5, 0.6) is 0 Å². The normalized spacial score (nSPS) is 15.8. The number of rotatable bonds is 4. The molecule has 2 heterocycles. The second kappa shape index (κ2) is 5.08. The highest BCUT2D eigenvalue weighted by Gasteiger charge is 2.28. The highest BCUT2D eigenvalue weighted by molar-refractivity contribution is 6.07. The van der Waals surface area contributed by atoms with Crippen LogP contribution in [0, 0.1) is 6.92 Å². The largest absolute Gasteiger partial charge is 0.368 e. The Labute approximate surface area is 127 Å². The molecule has 1 aliphatic carbocycles. The van der Waals surface area contributed by atoms with Crippen LogP contribution in [-0.4, -0.2) is 32.6 Å². The molecule has 0 saturated heterocycles. The quantitative estimate of drug-likeness (QED) is 0.870. The minimum atomic E-state index is -0.725. The third kappa shape index (κ3) is 2.43. The topological polar surface area (TPSA) is 103 Å². The minimum Gasteiger partial charge on any atom is -0.368 e. The van der Waals surface area contributed by atoms with Gasteiger partial charge in [0, 0.05) is 18.7 Å². The summed E-state index contributed by atoms with van der Waals surface area (Å²) in [5.74, 6) is -0.472. The number of nitrogens with one attached hydrogen (secondary N) is 1. The number of primary amides is 1. The smallest absolute Gasteiger partial charge is 0.252 e. The molecule has 116 valence electrons. The van der Waals surface area contributed by atoms with Gasteiger partial charge < -0.3 is 11.1 Å². The van der Waals surface area contributed by atoms with E-state index in [4.69, 9.17) is 5.73 Å². The van der Waals surface area contributed by atoms with Gasteiger partial charge in [-0.3, -0.25) is 14.3 Å². The number of fused-ring (bicyclic) bond motifs is 1. The number of pyridine rings is 1. The summed E-state index contributed by atoms with van der Waals surface area (Å²) in [6, 6.07) is 1.09. The number of carbonyl (C=O) groups is 2. The molecule has 1 aliphatic rings. The first-order valence-corrected chi connectivity index (χ1v) is 7.33. The third-order valence-electron chi connectivity index (χ3n) is 4.00. The standard InChI is InChI=1S/C15H19N5O2/c1-7-12-10(15(22)17-8(2)13(16)21)6-11(9-4-5-9)18-14(12)20(3)19-7/h6,8-9H,4-5H2,1-3H3,(H2,16,21)(H,17,22). The lowest BCUT2D eigenvalue weighted by Crippen LogP contribution is -2.42. The van der Waals surface area contributed by atoms with E-state index in [1.807, 2.05) is 20.0 Å². The van der Waals surface area contributed by atoms with Crippen molar-refractivity contribution in [2.45, 2.75) is 38.6 Å². The van der Waals surface area contributed by atoms with Crippen molar-refractivity contribution in [1.82, 2.24) is 20.1 Å². The summed E-state index contributed by atoms with van der Waals surface area (Å²) in [6.07, 6.45) is 2.18. The van der Waals surface area contributed by atoms with Gasteiger partial charge >= 0.3 is 0 Å². The predicted molar refractivity (Wildman–Crippen MR) is 81.3 cm³/mol. The number of nitrogens with zero attached hydrogens (tertiary/aromatic N) is 3. The van der Waals surface area contributed by atoms with Crippen molar-refractivity contribution in [2.75, 3.05) is 0 Å². The van der Waals surface area contributed by atoms with Gasteiger partial charge in [0.1, 0.15) is 6.04 Å². The van der Waals surface area contributed by atoms with Gasteiger partial charge in [0.05, 0.1) is 16.6 Å². The van der Waals surface area contributed by atoms with Crippen molar-refractivity contribution >= 4 is 22.8 Å². The monoisotopic (exact) mass is 301 g/mol. The van der Waals surface area contributed by atoms with Gasteiger partial charge in [-0.25, -0.2) is 4.98 Å². The van der Waals surface area contributed by atoms with Crippen LogP contribution < -0.4 is 11.1 Å². The Bertz CT molecular complexity index is 776. The van der Waals surface area contributed by atoms with Crippen LogP contribution in [-0.2, 0) is 11.8 Å². The lowest BCUT2D eigenvalue weighted by Gasteiger charge is -2.12. The van der Waals surface area contributed by atoms with Gasteiger partial charge in [-0.2, -0.15) is 5.10 Å². The molecule has 0 radical (unpaired) electrons. The summed E-state index contributed by atoms with van der Waals surface area (Å²) in [4.78, 5) is 28.4. The molecule has 1 fully saturated rings. The average Bonchev–Trinajstić information content (AvgIpc) is 3.26. The molecule has 2 aromatic heterocycles. The molecule has 3 N–H and O–H groups in total. The molecule has 22 heavy (non-hydrogen) atoms. The summed E-state index contributed by atoms with van der Waals surface area (Å²) >= 11 is 0. The van der Waals surface area contributed by atoms with Gasteiger partial charge in [-0.05, 0) is 32.8 Å². The van der Waals surface area contributed by atoms with Crippen LogP contribution in [0.2, 0.25) is 0 Å². The van der Waals surface area contributed by atoms with Crippen molar-refractivity contribution in [3.63, 3.8) is 0 Å². The molecule has 1 atom stereocenters. The molecular formula is C15H19N5O2. The first-order chi connectivity index (χ1) is 10.4. The van der Waals surface area contributed by atoms with Gasteiger partial charge in [0.15, 0.2) is 5.65 Å². The second-order valence-electron chi connectivity index (χ2n) is 5.87. The number of hydrogen-bond acceptors (Lipinski definition) is 4. The van der Waals surface area contributed by atoms with Crippen LogP contribution >= 0.6 is 0 Å². The first kappa shape index (κ1) is 14.5. The lowest BCUT2D eigenvalue weighted by atomic mass is 10.1. The van der Waals surface area contributed by atoms with Crippen molar-refractivity contribution in [3.05, 3.63) is 23.0 Å². The number of nitrogens with two attached hydrogens (primary N) is 1. The van der Waals surface area contributed by atoms with E-state index in [0.717, 1.165) is 29.6 Å². The van der Waals surface area contributed by atoms with Crippen LogP contribution in [0.1, 0.15) is 47.4 Å². The summed E-state index contributed by atoms with van der Waals surface area (Å²) in [5, 5.41) is 7.71. The van der Waals surface area contributed by atoms with E-state index >= 15 is 0 Å². The summed E-state index contributed by atoms with van der Waals surface area (Å²) in [5.41, 5.74) is 8.06. The Morgan fingerprint density at radius 2 is 2.14 bits per heavy atom. The van der Waals surface area contributed by atoms with Crippen LogP contribution in [0.15, 0.2) is 6.07 Å². The van der Waals surface area contributed by atoms with E-state index in [0.29, 0.717) is 17.1 Å². The molecule has 1 saturated carbocycles. The van der Waals surface area contributed by atoms with Crippen LogP contribution in [0.4, 0.5) is 0 Å². The highest BCUT2D eigenvalue weighted by Crippen LogP contribution is 2.40. The zero-order chi connectivity index (χ0) is 16.0. The number of hydrogen-bond donors (Lipinski definition) is 2. The SMILES string of the molecule is Cc1nn(C)c2nc(C3CC3)cc(C(=O)NC(C)C(N)=O)c12. The minimum absolute atomic E-state index is 0.322. The number of amides is 2. The fourth-order valence-corrected chi connectivity index (χ4v) is 2.58. The fraction of sp³-hybridized carbons (Fsp3) is 0.467. The van der Waals surface area contributed by atoms with E-state index in [-0.39, 0.29) is 5.91 Å². The zero-order valence-corrected chi connectivity index (χ0v) is 12.9. The molecule has 7 heteroatoms. The highest BCUT2D eigenvalue weighted by atomic mass is 16.2. The molecule has 0 aliphatic heterocycles. The molecule has 7 nitrogen and oxygen atoms in total. The zero-order valence-electron chi connectivity index (χ0n) is 12.9. The second-order valence-corrected chi connectivity index (χ2v) is 5.87. The molecule has 3 rings (SSSR count). The van der Waals surface area contributed by atoms with Crippen molar-refractivity contribution < 1.29 is 9.59 Å². The van der Waals surface area contributed by atoms with Gasteiger partial charge in [-0.1, -0.05) is 0 Å². The Kier molecular flexibility index (Phi) is 3.35. The number of aryl methyl sites for hydroxylation is 2. The molecule has 2 amide bonds. The summed E-state index contributed by atoms with van der Waals surface area (Å²) in [6.45, 7) is 3.41. The third-order valence-corrected chi connectivity index (χ3v) is 4.00. The predicted octanol–water partition coefficient (Wildman–Crippen LogP) is 0.758. The molecule has 0 spiro atoms. The average molecular weight is 301 g/mol.